The van der Waals surface area contributed by atoms with Gasteiger partial charge < -0.3 is 4.57 Å². The lowest BCUT2D eigenvalue weighted by Gasteiger charge is -2.01. The number of aromatic nitrogens is 2. The van der Waals surface area contributed by atoms with Gasteiger partial charge in [-0.25, -0.2) is 4.98 Å². The first-order valence-electron chi connectivity index (χ1n) is 4.46. The van der Waals surface area contributed by atoms with Crippen LogP contribution in [0.15, 0.2) is 36.7 Å². The van der Waals surface area contributed by atoms with E-state index in [-0.39, 0.29) is 0 Å². The first kappa shape index (κ1) is 9.28. The molecule has 0 saturated carbocycles. The lowest BCUT2D eigenvalue weighted by Crippen LogP contribution is -1.97. The highest BCUT2D eigenvalue weighted by atomic mass is 35.5. The Balaban J connectivity index is 2.19. The van der Waals surface area contributed by atoms with Crippen LogP contribution in [0.5, 0.6) is 0 Å². The minimum Gasteiger partial charge on any atom is -0.338 e. The first-order valence-corrected chi connectivity index (χ1v) is 4.84. The van der Waals surface area contributed by atoms with E-state index in [9.17, 15) is 0 Å². The maximum atomic E-state index is 5.80. The van der Waals surface area contributed by atoms with Gasteiger partial charge in [-0.2, -0.15) is 0 Å². The lowest BCUT2D eigenvalue weighted by molar-refractivity contribution is 0.822. The second-order valence-electron chi connectivity index (χ2n) is 3.26. The number of imidazole rings is 1. The Labute approximate surface area is 88.2 Å². The summed E-state index contributed by atoms with van der Waals surface area (Å²) in [5.74, 6) is 1.06. The predicted molar refractivity (Wildman–Crippen MR) is 57.5 cm³/mol. The van der Waals surface area contributed by atoms with Crippen molar-refractivity contribution in [3.05, 3.63) is 53.1 Å². The molecule has 0 unspecified atom stereocenters. The SMILES string of the molecule is Cn1ccnc1Cc1ccc(Cl)cc1. The van der Waals surface area contributed by atoms with Gasteiger partial charge in [0.2, 0.25) is 0 Å². The molecule has 0 radical (unpaired) electrons. The highest BCUT2D eigenvalue weighted by Gasteiger charge is 2.00. The van der Waals surface area contributed by atoms with Crippen molar-refractivity contribution in [3.8, 4) is 0 Å². The molecule has 1 aromatic carbocycles. The lowest BCUT2D eigenvalue weighted by atomic mass is 10.1. The predicted octanol–water partition coefficient (Wildman–Crippen LogP) is 2.66. The zero-order chi connectivity index (χ0) is 9.97. The summed E-state index contributed by atoms with van der Waals surface area (Å²) in [6.45, 7) is 0. The van der Waals surface area contributed by atoms with Crippen molar-refractivity contribution in [2.75, 3.05) is 0 Å². The summed E-state index contributed by atoms with van der Waals surface area (Å²) in [6.07, 6.45) is 4.61. The van der Waals surface area contributed by atoms with Crippen LogP contribution in [0.2, 0.25) is 5.02 Å². The van der Waals surface area contributed by atoms with Crippen LogP contribution >= 0.6 is 11.6 Å². The van der Waals surface area contributed by atoms with E-state index in [0.29, 0.717) is 0 Å². The Morgan fingerprint density at radius 1 is 1.29 bits per heavy atom. The van der Waals surface area contributed by atoms with Gasteiger partial charge in [0.1, 0.15) is 5.82 Å². The molecule has 2 aromatic rings. The van der Waals surface area contributed by atoms with E-state index in [1.807, 2.05) is 48.3 Å². The summed E-state index contributed by atoms with van der Waals surface area (Å²) in [4.78, 5) is 4.26. The Kier molecular flexibility index (Phi) is 2.55. The van der Waals surface area contributed by atoms with Crippen LogP contribution in [0.25, 0.3) is 0 Å². The number of hydrogen-bond acceptors (Lipinski definition) is 1. The minimum absolute atomic E-state index is 0.772. The van der Waals surface area contributed by atoms with E-state index in [1.54, 1.807) is 0 Å². The van der Waals surface area contributed by atoms with E-state index in [4.69, 9.17) is 11.6 Å². The molecule has 0 fully saturated rings. The summed E-state index contributed by atoms with van der Waals surface area (Å²) < 4.78 is 2.02. The Morgan fingerprint density at radius 2 is 2.00 bits per heavy atom. The molecule has 0 saturated heterocycles. The Bertz CT molecular complexity index is 417. The summed E-state index contributed by atoms with van der Waals surface area (Å²) in [6, 6.07) is 7.85. The van der Waals surface area contributed by atoms with Gasteiger partial charge in [-0.05, 0) is 17.7 Å². The number of nitrogens with zero attached hydrogens (tertiary/aromatic N) is 2. The fourth-order valence-electron chi connectivity index (χ4n) is 1.35. The van der Waals surface area contributed by atoms with E-state index >= 15 is 0 Å². The van der Waals surface area contributed by atoms with Crippen molar-refractivity contribution in [1.82, 2.24) is 9.55 Å². The van der Waals surface area contributed by atoms with Crippen LogP contribution in [0, 0.1) is 0 Å². The molecule has 0 N–H and O–H groups in total. The average molecular weight is 207 g/mol. The maximum Gasteiger partial charge on any atom is 0.112 e. The van der Waals surface area contributed by atoms with Crippen LogP contribution in [0.3, 0.4) is 0 Å². The van der Waals surface area contributed by atoms with Crippen molar-refractivity contribution in [2.45, 2.75) is 6.42 Å². The molecule has 0 aliphatic carbocycles. The molecule has 1 heterocycles. The van der Waals surface area contributed by atoms with Crippen LogP contribution in [0.1, 0.15) is 11.4 Å². The number of benzene rings is 1. The van der Waals surface area contributed by atoms with Crippen molar-refractivity contribution in [3.63, 3.8) is 0 Å². The fourth-order valence-corrected chi connectivity index (χ4v) is 1.48. The topological polar surface area (TPSA) is 17.8 Å². The van der Waals surface area contributed by atoms with E-state index < -0.39 is 0 Å². The third-order valence-corrected chi connectivity index (χ3v) is 2.45. The zero-order valence-electron chi connectivity index (χ0n) is 7.94. The molecule has 0 aliphatic rings. The van der Waals surface area contributed by atoms with Crippen LogP contribution in [0.4, 0.5) is 0 Å². The highest BCUT2D eigenvalue weighted by Crippen LogP contribution is 2.12. The second-order valence-corrected chi connectivity index (χ2v) is 3.69. The maximum absolute atomic E-state index is 5.80. The van der Waals surface area contributed by atoms with E-state index in [0.717, 1.165) is 17.3 Å². The number of rotatable bonds is 2. The minimum atomic E-state index is 0.772. The fraction of sp³-hybridized carbons (Fsp3) is 0.182. The Morgan fingerprint density at radius 3 is 2.57 bits per heavy atom. The number of hydrogen-bond donors (Lipinski definition) is 0. The number of halogens is 1. The van der Waals surface area contributed by atoms with Crippen molar-refractivity contribution < 1.29 is 0 Å². The Hall–Kier alpha value is -1.28. The standard InChI is InChI=1S/C11H11ClN2/c1-14-7-6-13-11(14)8-9-2-4-10(12)5-3-9/h2-7H,8H2,1H3. The van der Waals surface area contributed by atoms with Crippen molar-refractivity contribution in [1.29, 1.82) is 0 Å². The van der Waals surface area contributed by atoms with Gasteiger partial charge in [0.15, 0.2) is 0 Å². The first-order chi connectivity index (χ1) is 6.75. The van der Waals surface area contributed by atoms with Gasteiger partial charge >= 0.3 is 0 Å². The number of aryl methyl sites for hydroxylation is 1. The summed E-state index contributed by atoms with van der Waals surface area (Å²) >= 11 is 5.80. The summed E-state index contributed by atoms with van der Waals surface area (Å²) in [5, 5.41) is 0.772. The van der Waals surface area contributed by atoms with Crippen molar-refractivity contribution in [2.24, 2.45) is 7.05 Å². The third kappa shape index (κ3) is 1.96. The molecule has 0 spiro atoms. The van der Waals surface area contributed by atoms with Crippen molar-refractivity contribution >= 4 is 11.6 Å². The third-order valence-electron chi connectivity index (χ3n) is 2.20. The van der Waals surface area contributed by atoms with Crippen LogP contribution in [-0.2, 0) is 13.5 Å². The highest BCUT2D eigenvalue weighted by molar-refractivity contribution is 6.30. The molecule has 0 atom stereocenters. The molecule has 2 nitrogen and oxygen atoms in total. The van der Waals surface area contributed by atoms with Gasteiger partial charge in [-0.15, -0.1) is 0 Å². The van der Waals surface area contributed by atoms with Crippen LogP contribution in [-0.4, -0.2) is 9.55 Å². The summed E-state index contributed by atoms with van der Waals surface area (Å²) in [5.41, 5.74) is 1.23. The van der Waals surface area contributed by atoms with Gasteiger partial charge in [0, 0.05) is 30.9 Å². The van der Waals surface area contributed by atoms with Gasteiger partial charge in [0.05, 0.1) is 0 Å². The molecule has 3 heteroatoms. The van der Waals surface area contributed by atoms with Crippen LogP contribution < -0.4 is 0 Å². The van der Waals surface area contributed by atoms with Gasteiger partial charge in [-0.3, -0.25) is 0 Å². The smallest absolute Gasteiger partial charge is 0.112 e. The largest absolute Gasteiger partial charge is 0.338 e. The summed E-state index contributed by atoms with van der Waals surface area (Å²) in [7, 11) is 2.00. The quantitative estimate of drug-likeness (QED) is 0.739. The van der Waals surface area contributed by atoms with E-state index in [1.165, 1.54) is 5.56 Å². The monoisotopic (exact) mass is 206 g/mol. The zero-order valence-corrected chi connectivity index (χ0v) is 8.70. The molecule has 0 bridgehead atoms. The molecule has 2 rings (SSSR count). The molecule has 14 heavy (non-hydrogen) atoms. The molecule has 0 aliphatic heterocycles. The average Bonchev–Trinajstić information content (AvgIpc) is 2.56. The molecular weight excluding hydrogens is 196 g/mol. The molecular formula is C11H11ClN2. The van der Waals surface area contributed by atoms with E-state index in [2.05, 4.69) is 4.98 Å². The van der Waals surface area contributed by atoms with Gasteiger partial charge in [-0.1, -0.05) is 23.7 Å². The normalized spacial score (nSPS) is 10.4. The molecule has 0 amide bonds. The second kappa shape index (κ2) is 3.84. The molecule has 1 aromatic heterocycles. The molecule has 72 valence electrons. The van der Waals surface area contributed by atoms with Gasteiger partial charge in [0.25, 0.3) is 0 Å².